The third kappa shape index (κ3) is 51.0. The van der Waals surface area contributed by atoms with Gasteiger partial charge in [-0.2, -0.15) is 0 Å². The predicted molar refractivity (Wildman–Crippen MR) is 270 cm³/mol. The molecule has 1 atom stereocenters. The van der Waals surface area contributed by atoms with Crippen LogP contribution in [0.2, 0.25) is 0 Å². The smallest absolute Gasteiger partial charge is 0.306 e. The standard InChI is InChI=1S/C57H108O6/c1-4-7-10-13-16-19-22-24-25-26-27-28-29-30-31-33-36-39-42-45-48-51-57(60)63-54(52-61-55(58)49-46-43-40-37-34-21-18-15-12-9-6-3)53-62-56(59)50-47-44-41-38-35-32-23-20-17-14-11-8-5-2/h20,23,54H,4-19,21-22,24-53H2,1-3H3/b23-20-/t54-/m0/s1. The fourth-order valence-electron chi connectivity index (χ4n) is 8.50. The third-order valence-electron chi connectivity index (χ3n) is 12.8. The number of carbonyl (C=O) groups is 3. The zero-order chi connectivity index (χ0) is 45.8. The number of esters is 3. The Morgan fingerprint density at radius 2 is 0.524 bits per heavy atom. The molecule has 372 valence electrons. The summed E-state index contributed by atoms with van der Waals surface area (Å²) in [5.41, 5.74) is 0. The number of hydrogen-bond donors (Lipinski definition) is 0. The van der Waals surface area contributed by atoms with Gasteiger partial charge in [-0.05, 0) is 44.9 Å². The summed E-state index contributed by atoms with van der Waals surface area (Å²) in [5.74, 6) is -0.856. The zero-order valence-corrected chi connectivity index (χ0v) is 42.6. The molecule has 6 heteroatoms. The highest BCUT2D eigenvalue weighted by Crippen LogP contribution is 2.17. The number of rotatable bonds is 52. The van der Waals surface area contributed by atoms with E-state index in [0.717, 1.165) is 64.2 Å². The van der Waals surface area contributed by atoms with Crippen molar-refractivity contribution in [1.29, 1.82) is 0 Å². The fraction of sp³-hybridized carbons (Fsp3) is 0.912. The molecule has 0 aliphatic rings. The van der Waals surface area contributed by atoms with Crippen molar-refractivity contribution in [2.45, 2.75) is 322 Å². The van der Waals surface area contributed by atoms with Crippen LogP contribution in [-0.4, -0.2) is 37.2 Å². The van der Waals surface area contributed by atoms with Crippen molar-refractivity contribution in [1.82, 2.24) is 0 Å². The van der Waals surface area contributed by atoms with Gasteiger partial charge < -0.3 is 14.2 Å². The summed E-state index contributed by atoms with van der Waals surface area (Å²) < 4.78 is 16.8. The Balaban J connectivity index is 4.24. The predicted octanol–water partition coefficient (Wildman–Crippen LogP) is 18.5. The van der Waals surface area contributed by atoms with E-state index in [4.69, 9.17) is 14.2 Å². The number of ether oxygens (including phenoxy) is 3. The van der Waals surface area contributed by atoms with Gasteiger partial charge in [-0.3, -0.25) is 14.4 Å². The molecule has 6 nitrogen and oxygen atoms in total. The number of hydrogen-bond acceptors (Lipinski definition) is 6. The first-order chi connectivity index (χ1) is 31.0. The molecule has 0 aromatic carbocycles. The van der Waals surface area contributed by atoms with E-state index >= 15 is 0 Å². The highest BCUT2D eigenvalue weighted by molar-refractivity contribution is 5.71. The second-order valence-corrected chi connectivity index (χ2v) is 19.2. The fourth-order valence-corrected chi connectivity index (χ4v) is 8.50. The summed E-state index contributed by atoms with van der Waals surface area (Å²) in [6, 6.07) is 0. The average Bonchev–Trinajstić information content (AvgIpc) is 3.28. The van der Waals surface area contributed by atoms with Crippen molar-refractivity contribution in [2.24, 2.45) is 0 Å². The number of allylic oxidation sites excluding steroid dienone is 2. The van der Waals surface area contributed by atoms with E-state index in [-0.39, 0.29) is 31.1 Å². The Morgan fingerprint density at radius 3 is 0.810 bits per heavy atom. The summed E-state index contributed by atoms with van der Waals surface area (Å²) in [5, 5.41) is 0. The first-order valence-electron chi connectivity index (χ1n) is 28.2. The third-order valence-corrected chi connectivity index (χ3v) is 12.8. The molecule has 0 aliphatic carbocycles. The number of unbranched alkanes of at least 4 members (excludes halogenated alkanes) is 39. The normalized spacial score (nSPS) is 12.0. The SMILES string of the molecule is CCCCCC/C=C\CCCCCCCC(=O)OC[C@H](COC(=O)CCCCCCCCCCCCC)OC(=O)CCCCCCCCCCCCCCCCCCCCCCC. The van der Waals surface area contributed by atoms with Crippen molar-refractivity contribution in [2.75, 3.05) is 13.2 Å². The summed E-state index contributed by atoms with van der Waals surface area (Å²) in [4.78, 5) is 38.0. The molecule has 0 heterocycles. The Labute approximate surface area is 392 Å². The molecule has 0 saturated carbocycles. The van der Waals surface area contributed by atoms with Gasteiger partial charge >= 0.3 is 17.9 Å². The second-order valence-electron chi connectivity index (χ2n) is 19.2. The lowest BCUT2D eigenvalue weighted by atomic mass is 10.0. The van der Waals surface area contributed by atoms with Crippen LogP contribution in [0.5, 0.6) is 0 Å². The lowest BCUT2D eigenvalue weighted by Crippen LogP contribution is -2.30. The van der Waals surface area contributed by atoms with Crippen molar-refractivity contribution >= 4 is 17.9 Å². The highest BCUT2D eigenvalue weighted by Gasteiger charge is 2.19. The van der Waals surface area contributed by atoms with Crippen LogP contribution in [0.15, 0.2) is 12.2 Å². The van der Waals surface area contributed by atoms with E-state index in [9.17, 15) is 14.4 Å². The molecule has 0 aromatic heterocycles. The first-order valence-corrected chi connectivity index (χ1v) is 28.2. The molecule has 0 spiro atoms. The van der Waals surface area contributed by atoms with Crippen LogP contribution in [0, 0.1) is 0 Å². The van der Waals surface area contributed by atoms with Crippen LogP contribution in [0.1, 0.15) is 316 Å². The molecule has 0 amide bonds. The van der Waals surface area contributed by atoms with E-state index in [2.05, 4.69) is 32.9 Å². The molecule has 63 heavy (non-hydrogen) atoms. The maximum Gasteiger partial charge on any atom is 0.306 e. The van der Waals surface area contributed by atoms with E-state index in [0.29, 0.717) is 19.3 Å². The lowest BCUT2D eigenvalue weighted by Gasteiger charge is -2.18. The highest BCUT2D eigenvalue weighted by atomic mass is 16.6. The van der Waals surface area contributed by atoms with Crippen molar-refractivity contribution in [3.05, 3.63) is 12.2 Å². The Kier molecular flexibility index (Phi) is 51.2. The lowest BCUT2D eigenvalue weighted by molar-refractivity contribution is -0.167. The molecule has 0 rings (SSSR count). The molecule has 0 radical (unpaired) electrons. The minimum absolute atomic E-state index is 0.0671. The van der Waals surface area contributed by atoms with Gasteiger partial charge in [0.1, 0.15) is 13.2 Å². The zero-order valence-electron chi connectivity index (χ0n) is 42.6. The van der Waals surface area contributed by atoms with Crippen molar-refractivity contribution in [3.8, 4) is 0 Å². The van der Waals surface area contributed by atoms with Gasteiger partial charge in [-0.15, -0.1) is 0 Å². The molecule has 0 aromatic rings. The molecule has 0 N–H and O–H groups in total. The molecule has 0 saturated heterocycles. The van der Waals surface area contributed by atoms with Gasteiger partial charge in [0.2, 0.25) is 0 Å². The largest absolute Gasteiger partial charge is 0.462 e. The van der Waals surface area contributed by atoms with Crippen molar-refractivity contribution < 1.29 is 28.6 Å². The van der Waals surface area contributed by atoms with E-state index in [1.807, 2.05) is 0 Å². The molecule has 0 fully saturated rings. The van der Waals surface area contributed by atoms with E-state index in [1.54, 1.807) is 0 Å². The van der Waals surface area contributed by atoms with Crippen LogP contribution in [-0.2, 0) is 28.6 Å². The topological polar surface area (TPSA) is 78.9 Å². The number of carbonyl (C=O) groups excluding carboxylic acids is 3. The van der Waals surface area contributed by atoms with Gasteiger partial charge in [0.05, 0.1) is 0 Å². The van der Waals surface area contributed by atoms with Gasteiger partial charge in [-0.25, -0.2) is 0 Å². The summed E-state index contributed by atoms with van der Waals surface area (Å²) >= 11 is 0. The summed E-state index contributed by atoms with van der Waals surface area (Å²) in [6.45, 7) is 6.66. The Morgan fingerprint density at radius 1 is 0.302 bits per heavy atom. The second kappa shape index (κ2) is 52.8. The first kappa shape index (κ1) is 61.1. The molecule has 0 unspecified atom stereocenters. The molecular weight excluding hydrogens is 781 g/mol. The summed E-state index contributed by atoms with van der Waals surface area (Å²) in [6.07, 6.45) is 59.2. The van der Waals surface area contributed by atoms with Crippen LogP contribution in [0.4, 0.5) is 0 Å². The van der Waals surface area contributed by atoms with Crippen LogP contribution in [0.3, 0.4) is 0 Å². The minimum Gasteiger partial charge on any atom is -0.462 e. The van der Waals surface area contributed by atoms with Gasteiger partial charge in [0, 0.05) is 19.3 Å². The Bertz CT molecular complexity index is 978. The van der Waals surface area contributed by atoms with Crippen LogP contribution < -0.4 is 0 Å². The van der Waals surface area contributed by atoms with Crippen molar-refractivity contribution in [3.63, 3.8) is 0 Å². The van der Waals surface area contributed by atoms with Gasteiger partial charge in [-0.1, -0.05) is 264 Å². The summed E-state index contributed by atoms with van der Waals surface area (Å²) in [7, 11) is 0. The van der Waals surface area contributed by atoms with Gasteiger partial charge in [0.25, 0.3) is 0 Å². The van der Waals surface area contributed by atoms with Crippen LogP contribution in [0.25, 0.3) is 0 Å². The van der Waals surface area contributed by atoms with Gasteiger partial charge in [0.15, 0.2) is 6.10 Å². The molecule has 0 bridgehead atoms. The maximum absolute atomic E-state index is 12.8. The molecule has 0 aliphatic heterocycles. The molecular formula is C57H108O6. The monoisotopic (exact) mass is 889 g/mol. The van der Waals surface area contributed by atoms with Crippen LogP contribution >= 0.6 is 0 Å². The maximum atomic E-state index is 12.8. The van der Waals surface area contributed by atoms with E-state index < -0.39 is 6.10 Å². The Hall–Kier alpha value is -1.85. The quantitative estimate of drug-likeness (QED) is 0.0262. The average molecular weight is 889 g/mol. The van der Waals surface area contributed by atoms with E-state index in [1.165, 1.54) is 212 Å². The minimum atomic E-state index is -0.766.